The first-order valence-corrected chi connectivity index (χ1v) is 13.2. The Morgan fingerprint density at radius 1 is 1.11 bits per heavy atom. The zero-order valence-corrected chi connectivity index (χ0v) is 20.5. The van der Waals surface area contributed by atoms with Crippen molar-refractivity contribution in [2.75, 3.05) is 16.8 Å². The summed E-state index contributed by atoms with van der Waals surface area (Å²) in [6.07, 6.45) is 0.411. The van der Waals surface area contributed by atoms with Crippen LogP contribution in [0.15, 0.2) is 48.5 Å². The molecule has 0 bridgehead atoms. The van der Waals surface area contributed by atoms with E-state index in [2.05, 4.69) is 15.4 Å². The number of aryl methyl sites for hydroxylation is 3. The van der Waals surface area contributed by atoms with Gasteiger partial charge >= 0.3 is 0 Å². The first kappa shape index (κ1) is 23.2. The molecule has 1 saturated heterocycles. The van der Waals surface area contributed by atoms with Gasteiger partial charge in [0.1, 0.15) is 5.82 Å². The number of hydrogen-bond donors (Lipinski definition) is 1. The molecule has 1 atom stereocenters. The third-order valence-electron chi connectivity index (χ3n) is 6.43. The number of hydrogen-bond acceptors (Lipinski definition) is 5. The summed E-state index contributed by atoms with van der Waals surface area (Å²) in [5.74, 6) is -0.805. The van der Waals surface area contributed by atoms with E-state index in [0.29, 0.717) is 34.4 Å². The van der Waals surface area contributed by atoms with E-state index in [-0.39, 0.29) is 28.7 Å². The van der Waals surface area contributed by atoms with Crippen LogP contribution in [0.3, 0.4) is 0 Å². The highest BCUT2D eigenvalue weighted by Gasteiger charge is 2.32. The van der Waals surface area contributed by atoms with Crippen LogP contribution in [-0.4, -0.2) is 40.6 Å². The Hall–Kier alpha value is -3.59. The Morgan fingerprint density at radius 2 is 1.89 bits per heavy atom. The minimum atomic E-state index is -3.18. The van der Waals surface area contributed by atoms with Gasteiger partial charge in [-0.25, -0.2) is 22.5 Å². The van der Waals surface area contributed by atoms with Gasteiger partial charge < -0.3 is 5.32 Å². The number of carbonyl (C=O) groups excluding carboxylic acids is 1. The molecule has 180 valence electrons. The highest BCUT2D eigenvalue weighted by molar-refractivity contribution is 7.91. The van der Waals surface area contributed by atoms with Crippen molar-refractivity contribution in [2.45, 2.75) is 33.2 Å². The second kappa shape index (κ2) is 8.57. The third kappa shape index (κ3) is 4.32. The highest BCUT2D eigenvalue weighted by Crippen LogP contribution is 2.33. The van der Waals surface area contributed by atoms with E-state index in [9.17, 15) is 17.6 Å². The number of benzene rings is 2. The average Bonchev–Trinajstić information content (AvgIpc) is 3.34. The lowest BCUT2D eigenvalue weighted by Gasteiger charge is -2.13. The minimum absolute atomic E-state index is 0.0428. The van der Waals surface area contributed by atoms with Gasteiger partial charge in [-0.2, -0.15) is 5.10 Å². The van der Waals surface area contributed by atoms with Gasteiger partial charge in [-0.05, 0) is 62.6 Å². The number of anilines is 1. The molecule has 0 aliphatic carbocycles. The predicted octanol–water partition coefficient (Wildman–Crippen LogP) is 4.77. The highest BCUT2D eigenvalue weighted by atomic mass is 32.2. The topological polar surface area (TPSA) is 93.9 Å². The lowest BCUT2D eigenvalue weighted by molar-refractivity contribution is 0.102. The van der Waals surface area contributed by atoms with Crippen LogP contribution < -0.4 is 5.32 Å². The van der Waals surface area contributed by atoms with E-state index in [1.54, 1.807) is 35.9 Å². The van der Waals surface area contributed by atoms with Crippen molar-refractivity contribution in [3.63, 3.8) is 0 Å². The Bertz CT molecular complexity index is 1590. The summed E-state index contributed by atoms with van der Waals surface area (Å²) in [6.45, 7) is 5.62. The molecule has 5 rings (SSSR count). The molecule has 2 aromatic heterocycles. The number of aromatic nitrogens is 3. The Labute approximate surface area is 202 Å². The monoisotopic (exact) mass is 492 g/mol. The summed E-state index contributed by atoms with van der Waals surface area (Å²) in [7, 11) is -3.18. The lowest BCUT2D eigenvalue weighted by Crippen LogP contribution is -2.15. The van der Waals surface area contributed by atoms with Crippen LogP contribution in [0.4, 0.5) is 10.1 Å². The number of pyridine rings is 1. The Morgan fingerprint density at radius 3 is 2.60 bits per heavy atom. The number of fused-ring (bicyclic) bond motifs is 1. The van der Waals surface area contributed by atoms with E-state index in [0.717, 1.165) is 11.1 Å². The standard InChI is InChI=1S/C26H25FN4O3S/c1-15-8-9-16(2)22(12-15)29-26(32)20-13-23(19-6-4-5-7-21(19)27)28-25-24(20)17(3)30-31(25)18-10-11-35(33,34)14-18/h4-9,12-13,18H,10-11,14H2,1-3H3,(H,29,32). The molecule has 1 fully saturated rings. The third-order valence-corrected chi connectivity index (χ3v) is 8.18. The fourth-order valence-electron chi connectivity index (χ4n) is 4.58. The molecule has 35 heavy (non-hydrogen) atoms. The first-order chi connectivity index (χ1) is 16.6. The van der Waals surface area contributed by atoms with Crippen molar-refractivity contribution >= 4 is 32.5 Å². The number of sulfone groups is 1. The van der Waals surface area contributed by atoms with E-state index >= 15 is 0 Å². The number of rotatable bonds is 4. The molecular weight excluding hydrogens is 467 g/mol. The Kier molecular flexibility index (Phi) is 5.67. The van der Waals surface area contributed by atoms with Crippen molar-refractivity contribution in [1.29, 1.82) is 0 Å². The number of carbonyl (C=O) groups is 1. The second-order valence-electron chi connectivity index (χ2n) is 9.09. The zero-order valence-electron chi connectivity index (χ0n) is 19.7. The normalized spacial score (nSPS) is 17.1. The Balaban J connectivity index is 1.71. The van der Waals surface area contributed by atoms with Crippen LogP contribution in [0, 0.1) is 26.6 Å². The van der Waals surface area contributed by atoms with E-state index in [1.165, 1.54) is 6.07 Å². The molecule has 1 unspecified atom stereocenters. The van der Waals surface area contributed by atoms with Crippen molar-refractivity contribution in [3.8, 4) is 11.3 Å². The number of nitrogens with zero attached hydrogens (tertiary/aromatic N) is 3. The zero-order chi connectivity index (χ0) is 24.9. The van der Waals surface area contributed by atoms with Crippen molar-refractivity contribution in [3.05, 3.63) is 76.7 Å². The fourth-order valence-corrected chi connectivity index (χ4v) is 6.27. The summed E-state index contributed by atoms with van der Waals surface area (Å²) in [5, 5.41) is 8.10. The van der Waals surface area contributed by atoms with Gasteiger partial charge in [-0.1, -0.05) is 24.3 Å². The van der Waals surface area contributed by atoms with Gasteiger partial charge in [0.25, 0.3) is 5.91 Å². The van der Waals surface area contributed by atoms with Gasteiger partial charge in [-0.3, -0.25) is 4.79 Å². The van der Waals surface area contributed by atoms with E-state index in [4.69, 9.17) is 0 Å². The maximum Gasteiger partial charge on any atom is 0.256 e. The number of halogens is 1. The minimum Gasteiger partial charge on any atom is -0.322 e. The van der Waals surface area contributed by atoms with Gasteiger partial charge in [0.05, 0.1) is 39.9 Å². The van der Waals surface area contributed by atoms with Crippen molar-refractivity contribution in [2.24, 2.45) is 0 Å². The largest absolute Gasteiger partial charge is 0.322 e. The fraction of sp³-hybridized carbons (Fsp3) is 0.269. The summed E-state index contributed by atoms with van der Waals surface area (Å²) in [5.41, 5.74) is 4.36. The quantitative estimate of drug-likeness (QED) is 0.443. The summed E-state index contributed by atoms with van der Waals surface area (Å²) in [6, 6.07) is 13.2. The number of amides is 1. The maximum absolute atomic E-state index is 14.7. The van der Waals surface area contributed by atoms with Crippen LogP contribution in [0.1, 0.15) is 39.6 Å². The maximum atomic E-state index is 14.7. The molecule has 1 amide bonds. The molecule has 0 radical (unpaired) electrons. The first-order valence-electron chi connectivity index (χ1n) is 11.4. The molecule has 0 saturated carbocycles. The summed E-state index contributed by atoms with van der Waals surface area (Å²) >= 11 is 0. The lowest BCUT2D eigenvalue weighted by atomic mass is 10.0. The molecule has 3 heterocycles. The molecule has 1 N–H and O–H groups in total. The van der Waals surface area contributed by atoms with Crippen LogP contribution in [0.25, 0.3) is 22.3 Å². The van der Waals surface area contributed by atoms with Crippen molar-refractivity contribution in [1.82, 2.24) is 14.8 Å². The molecule has 4 aromatic rings. The molecule has 9 heteroatoms. The van der Waals surface area contributed by atoms with Gasteiger partial charge in [0, 0.05) is 11.3 Å². The van der Waals surface area contributed by atoms with Gasteiger partial charge in [0.15, 0.2) is 15.5 Å². The molecule has 2 aromatic carbocycles. The summed E-state index contributed by atoms with van der Waals surface area (Å²) < 4.78 is 40.6. The summed E-state index contributed by atoms with van der Waals surface area (Å²) in [4.78, 5) is 18.3. The predicted molar refractivity (Wildman–Crippen MR) is 134 cm³/mol. The van der Waals surface area contributed by atoms with Crippen LogP contribution in [0.2, 0.25) is 0 Å². The van der Waals surface area contributed by atoms with Crippen LogP contribution in [0.5, 0.6) is 0 Å². The van der Waals surface area contributed by atoms with E-state index in [1.807, 2.05) is 32.0 Å². The second-order valence-corrected chi connectivity index (χ2v) is 11.3. The van der Waals surface area contributed by atoms with E-state index < -0.39 is 21.7 Å². The smallest absolute Gasteiger partial charge is 0.256 e. The van der Waals surface area contributed by atoms with Crippen LogP contribution in [-0.2, 0) is 9.84 Å². The molecule has 7 nitrogen and oxygen atoms in total. The van der Waals surface area contributed by atoms with Gasteiger partial charge in [0.2, 0.25) is 0 Å². The van der Waals surface area contributed by atoms with Crippen molar-refractivity contribution < 1.29 is 17.6 Å². The van der Waals surface area contributed by atoms with Crippen LogP contribution >= 0.6 is 0 Å². The average molecular weight is 493 g/mol. The number of nitrogens with one attached hydrogen (secondary N) is 1. The molecule has 1 aliphatic heterocycles. The molecule has 0 spiro atoms. The van der Waals surface area contributed by atoms with Gasteiger partial charge in [-0.15, -0.1) is 0 Å². The molecular formula is C26H25FN4O3S. The SMILES string of the molecule is Cc1ccc(C)c(NC(=O)c2cc(-c3ccccc3F)nc3c2c(C)nn3C2CCS(=O)(=O)C2)c1. The molecule has 1 aliphatic rings.